The number of unbranched alkanes of at least 4 members (excludes halogenated alkanes) is 2. The van der Waals surface area contributed by atoms with Crippen molar-refractivity contribution in [3.63, 3.8) is 0 Å². The van der Waals surface area contributed by atoms with Crippen LogP contribution in [0, 0.1) is 5.92 Å². The Bertz CT molecular complexity index is 395. The van der Waals surface area contributed by atoms with Gasteiger partial charge in [0, 0.05) is 6.54 Å². The number of amides is 1. The lowest BCUT2D eigenvalue weighted by Gasteiger charge is -2.42. The summed E-state index contributed by atoms with van der Waals surface area (Å²) in [6.45, 7) is 4.35. The molecule has 0 unspecified atom stereocenters. The van der Waals surface area contributed by atoms with E-state index in [9.17, 15) is 15.0 Å². The Labute approximate surface area is 121 Å². The summed E-state index contributed by atoms with van der Waals surface area (Å²) in [5.74, 6) is -0.399. The third-order valence-corrected chi connectivity index (χ3v) is 5.32. The summed E-state index contributed by atoms with van der Waals surface area (Å²) in [6.07, 6.45) is 9.23. The van der Waals surface area contributed by atoms with Crippen LogP contribution in [0.3, 0.4) is 0 Å². The average Bonchev–Trinajstić information content (AvgIpc) is 2.95. The largest absolute Gasteiger partial charge is 0.394 e. The highest BCUT2D eigenvalue weighted by molar-refractivity contribution is 5.85. The molecule has 2 rings (SSSR count). The van der Waals surface area contributed by atoms with E-state index in [1.807, 2.05) is 19.9 Å². The number of aliphatic hydroxyl groups is 2. The molecule has 0 bridgehead atoms. The van der Waals surface area contributed by atoms with Gasteiger partial charge in [-0.05, 0) is 39.0 Å². The molecule has 2 saturated heterocycles. The number of allylic oxidation sites excluding steroid dienone is 2. The Hall–Kier alpha value is -0.870. The number of rotatable bonds is 6. The van der Waals surface area contributed by atoms with Crippen molar-refractivity contribution in [1.82, 2.24) is 4.90 Å². The highest BCUT2D eigenvalue weighted by Gasteiger charge is 2.66. The Kier molecular flexibility index (Phi) is 4.55. The fraction of sp³-hybridized carbons (Fsp3) is 0.812. The van der Waals surface area contributed by atoms with Crippen LogP contribution in [-0.4, -0.2) is 45.3 Å². The third-order valence-electron chi connectivity index (χ3n) is 5.32. The van der Waals surface area contributed by atoms with Gasteiger partial charge in [-0.15, -0.1) is 0 Å². The van der Waals surface area contributed by atoms with Gasteiger partial charge in [-0.25, -0.2) is 0 Å². The molecule has 0 saturated carbocycles. The third kappa shape index (κ3) is 2.09. The molecule has 4 heteroatoms. The SMILES string of the molecule is CC=CCCCC[C@@]1(O)[C@H](C)C(=O)N2CCC[C@@]21CO. The molecule has 2 fully saturated rings. The number of hydrogen-bond acceptors (Lipinski definition) is 3. The van der Waals surface area contributed by atoms with Crippen molar-refractivity contribution in [3.8, 4) is 0 Å². The van der Waals surface area contributed by atoms with Crippen molar-refractivity contribution in [2.24, 2.45) is 5.92 Å². The zero-order valence-electron chi connectivity index (χ0n) is 12.6. The van der Waals surface area contributed by atoms with Gasteiger partial charge >= 0.3 is 0 Å². The van der Waals surface area contributed by atoms with Gasteiger partial charge in [-0.2, -0.15) is 0 Å². The molecule has 0 radical (unpaired) electrons. The number of hydrogen-bond donors (Lipinski definition) is 2. The van der Waals surface area contributed by atoms with Crippen molar-refractivity contribution in [2.75, 3.05) is 13.2 Å². The summed E-state index contributed by atoms with van der Waals surface area (Å²) in [4.78, 5) is 14.1. The Morgan fingerprint density at radius 3 is 2.85 bits per heavy atom. The first-order valence-corrected chi connectivity index (χ1v) is 7.79. The van der Waals surface area contributed by atoms with Crippen molar-refractivity contribution in [1.29, 1.82) is 0 Å². The van der Waals surface area contributed by atoms with Crippen LogP contribution in [0.15, 0.2) is 12.2 Å². The minimum Gasteiger partial charge on any atom is -0.394 e. The number of carbonyl (C=O) groups excluding carboxylic acids is 1. The molecular formula is C16H27NO3. The molecule has 114 valence electrons. The Morgan fingerprint density at radius 2 is 2.20 bits per heavy atom. The van der Waals surface area contributed by atoms with Crippen LogP contribution in [0.2, 0.25) is 0 Å². The molecule has 0 aromatic heterocycles. The molecule has 0 aliphatic carbocycles. The predicted octanol–water partition coefficient (Wildman–Crippen LogP) is 1.86. The predicted molar refractivity (Wildman–Crippen MR) is 78.2 cm³/mol. The molecule has 2 heterocycles. The van der Waals surface area contributed by atoms with E-state index in [-0.39, 0.29) is 12.5 Å². The van der Waals surface area contributed by atoms with E-state index in [4.69, 9.17) is 0 Å². The highest BCUT2D eigenvalue weighted by Crippen LogP contribution is 2.51. The van der Waals surface area contributed by atoms with E-state index in [1.165, 1.54) is 0 Å². The molecule has 0 aromatic rings. The van der Waals surface area contributed by atoms with Crippen LogP contribution in [0.1, 0.15) is 52.4 Å². The van der Waals surface area contributed by atoms with E-state index in [0.717, 1.165) is 25.7 Å². The molecule has 0 spiro atoms. The molecule has 0 aromatic carbocycles. The lowest BCUT2D eigenvalue weighted by Crippen LogP contribution is -2.59. The topological polar surface area (TPSA) is 60.8 Å². The summed E-state index contributed by atoms with van der Waals surface area (Å²) in [5.41, 5.74) is -1.81. The smallest absolute Gasteiger partial charge is 0.229 e. The standard InChI is InChI=1S/C16H27NO3/c1-3-4-5-6-7-10-16(20)13(2)14(19)17-11-8-9-15(16,17)12-18/h3-4,13,18,20H,5-12H2,1-2H3/t13-,15+,16-/m1/s1. The summed E-state index contributed by atoms with van der Waals surface area (Å²) >= 11 is 0. The van der Waals surface area contributed by atoms with Gasteiger partial charge < -0.3 is 15.1 Å². The monoisotopic (exact) mass is 281 g/mol. The van der Waals surface area contributed by atoms with Gasteiger partial charge in [-0.3, -0.25) is 4.79 Å². The van der Waals surface area contributed by atoms with E-state index in [1.54, 1.807) is 4.90 Å². The van der Waals surface area contributed by atoms with E-state index >= 15 is 0 Å². The molecule has 2 N–H and O–H groups in total. The normalized spacial score (nSPS) is 37.1. The van der Waals surface area contributed by atoms with Gasteiger partial charge in [0.15, 0.2) is 0 Å². The van der Waals surface area contributed by atoms with Crippen molar-refractivity contribution in [2.45, 2.75) is 63.5 Å². The molecular weight excluding hydrogens is 254 g/mol. The fourth-order valence-electron chi connectivity index (χ4n) is 4.06. The van der Waals surface area contributed by atoms with E-state index in [2.05, 4.69) is 6.08 Å². The fourth-order valence-corrected chi connectivity index (χ4v) is 4.06. The van der Waals surface area contributed by atoms with Gasteiger partial charge in [0.2, 0.25) is 5.91 Å². The first kappa shape index (κ1) is 15.5. The summed E-state index contributed by atoms with van der Waals surface area (Å²) in [6, 6.07) is 0. The van der Waals surface area contributed by atoms with Gasteiger partial charge in [0.05, 0.1) is 18.1 Å². The summed E-state index contributed by atoms with van der Waals surface area (Å²) in [5, 5.41) is 21.0. The van der Waals surface area contributed by atoms with Crippen LogP contribution in [0.4, 0.5) is 0 Å². The molecule has 2 aliphatic heterocycles. The molecule has 20 heavy (non-hydrogen) atoms. The Morgan fingerprint density at radius 1 is 1.45 bits per heavy atom. The lowest BCUT2D eigenvalue weighted by atomic mass is 9.72. The van der Waals surface area contributed by atoms with E-state index < -0.39 is 17.1 Å². The van der Waals surface area contributed by atoms with Gasteiger partial charge in [0.25, 0.3) is 0 Å². The zero-order valence-corrected chi connectivity index (χ0v) is 12.6. The van der Waals surface area contributed by atoms with Crippen molar-refractivity contribution >= 4 is 5.91 Å². The van der Waals surface area contributed by atoms with Crippen LogP contribution < -0.4 is 0 Å². The van der Waals surface area contributed by atoms with Crippen LogP contribution in [0.5, 0.6) is 0 Å². The van der Waals surface area contributed by atoms with Crippen LogP contribution in [-0.2, 0) is 4.79 Å². The second-order valence-electron chi connectivity index (χ2n) is 6.24. The molecule has 1 amide bonds. The Balaban J connectivity index is 2.12. The highest BCUT2D eigenvalue weighted by atomic mass is 16.3. The summed E-state index contributed by atoms with van der Waals surface area (Å²) < 4.78 is 0. The minimum atomic E-state index is -1.08. The minimum absolute atomic E-state index is 0.00695. The first-order chi connectivity index (χ1) is 9.53. The quantitative estimate of drug-likeness (QED) is 0.577. The van der Waals surface area contributed by atoms with Crippen LogP contribution in [0.25, 0.3) is 0 Å². The second-order valence-corrected chi connectivity index (χ2v) is 6.24. The number of aliphatic hydroxyl groups excluding tert-OH is 1. The molecule has 4 nitrogen and oxygen atoms in total. The maximum atomic E-state index is 12.3. The number of fused-ring (bicyclic) bond motifs is 1. The van der Waals surface area contributed by atoms with Gasteiger partial charge in [-0.1, -0.05) is 25.5 Å². The van der Waals surface area contributed by atoms with Crippen molar-refractivity contribution < 1.29 is 15.0 Å². The molecule has 2 aliphatic rings. The molecule has 3 atom stereocenters. The zero-order chi connectivity index (χ0) is 14.8. The average molecular weight is 281 g/mol. The van der Waals surface area contributed by atoms with Crippen molar-refractivity contribution in [3.05, 3.63) is 12.2 Å². The lowest BCUT2D eigenvalue weighted by molar-refractivity contribution is -0.132. The first-order valence-electron chi connectivity index (χ1n) is 7.79. The van der Waals surface area contributed by atoms with Gasteiger partial charge in [0.1, 0.15) is 5.60 Å². The van der Waals surface area contributed by atoms with E-state index in [0.29, 0.717) is 19.4 Å². The van der Waals surface area contributed by atoms with Crippen LogP contribution >= 0.6 is 0 Å². The number of carbonyl (C=O) groups is 1. The maximum Gasteiger partial charge on any atom is 0.229 e. The second kappa shape index (κ2) is 5.86. The number of nitrogens with zero attached hydrogens (tertiary/aromatic N) is 1. The maximum absolute atomic E-state index is 12.3. The summed E-state index contributed by atoms with van der Waals surface area (Å²) in [7, 11) is 0.